The molecule has 2 N–H and O–H groups in total. The highest BCUT2D eigenvalue weighted by atomic mass is 14.7. The van der Waals surface area contributed by atoms with Crippen molar-refractivity contribution in [2.24, 2.45) is 5.73 Å². The molecule has 1 radical (unpaired) electrons. The fourth-order valence-corrected chi connectivity index (χ4v) is 1.68. The van der Waals surface area contributed by atoms with Crippen LogP contribution in [0.3, 0.4) is 0 Å². The van der Waals surface area contributed by atoms with Gasteiger partial charge in [-0.1, -0.05) is 57.0 Å². The predicted octanol–water partition coefficient (Wildman–Crippen LogP) is 3.25. The van der Waals surface area contributed by atoms with Gasteiger partial charge in [0.2, 0.25) is 0 Å². The lowest BCUT2D eigenvalue weighted by molar-refractivity contribution is 0.396. The van der Waals surface area contributed by atoms with Gasteiger partial charge >= 0.3 is 0 Å². The highest BCUT2D eigenvalue weighted by Crippen LogP contribution is 2.27. The topological polar surface area (TPSA) is 26.0 Å². The van der Waals surface area contributed by atoms with E-state index in [-0.39, 0.29) is 5.54 Å². The molecule has 14 heavy (non-hydrogen) atoms. The Bertz CT molecular complexity index is 255. The molecule has 0 saturated carbocycles. The second kappa shape index (κ2) is 5.16. The molecule has 0 spiro atoms. The maximum absolute atomic E-state index is 6.34. The van der Waals surface area contributed by atoms with Crippen LogP contribution in [0.4, 0.5) is 0 Å². The molecule has 1 unspecified atom stereocenters. The Balaban J connectivity index is 2.79. The van der Waals surface area contributed by atoms with Crippen molar-refractivity contribution in [2.75, 3.05) is 0 Å². The standard InChI is InChI=1S/C13H20N/c1-3-5-11-13(14,4-2)12-9-7-6-8-10-12/h6-10H,2-5,11,14H2,1H3. The van der Waals surface area contributed by atoms with E-state index in [1.807, 2.05) is 18.2 Å². The van der Waals surface area contributed by atoms with Gasteiger partial charge in [0.05, 0.1) is 0 Å². The number of benzene rings is 1. The molecule has 0 bridgehead atoms. The van der Waals surface area contributed by atoms with Crippen molar-refractivity contribution >= 4 is 0 Å². The molecule has 1 heteroatoms. The summed E-state index contributed by atoms with van der Waals surface area (Å²) in [7, 11) is 0. The molecular weight excluding hydrogens is 170 g/mol. The minimum atomic E-state index is -0.225. The van der Waals surface area contributed by atoms with Crippen LogP contribution in [-0.4, -0.2) is 0 Å². The summed E-state index contributed by atoms with van der Waals surface area (Å²) in [6.45, 7) is 6.15. The minimum Gasteiger partial charge on any atom is -0.321 e. The lowest BCUT2D eigenvalue weighted by atomic mass is 9.84. The zero-order valence-electron chi connectivity index (χ0n) is 9.00. The smallest absolute Gasteiger partial charge is 0.0409 e. The summed E-state index contributed by atoms with van der Waals surface area (Å²) in [5.74, 6) is 0. The third-order valence-electron chi connectivity index (χ3n) is 2.77. The fourth-order valence-electron chi connectivity index (χ4n) is 1.68. The van der Waals surface area contributed by atoms with E-state index in [4.69, 9.17) is 5.73 Å². The molecular formula is C13H20N. The lowest BCUT2D eigenvalue weighted by Crippen LogP contribution is -2.35. The minimum absolute atomic E-state index is 0.225. The summed E-state index contributed by atoms with van der Waals surface area (Å²) in [6, 6.07) is 10.3. The van der Waals surface area contributed by atoms with E-state index in [1.165, 1.54) is 18.4 Å². The number of hydrogen-bond donors (Lipinski definition) is 1. The largest absolute Gasteiger partial charge is 0.321 e. The van der Waals surface area contributed by atoms with Crippen LogP contribution < -0.4 is 5.73 Å². The third-order valence-corrected chi connectivity index (χ3v) is 2.77. The van der Waals surface area contributed by atoms with Crippen LogP contribution in [0.2, 0.25) is 0 Å². The van der Waals surface area contributed by atoms with Gasteiger partial charge in [-0.25, -0.2) is 0 Å². The number of hydrogen-bond acceptors (Lipinski definition) is 1. The summed E-state index contributed by atoms with van der Waals surface area (Å²) in [4.78, 5) is 0. The van der Waals surface area contributed by atoms with Crippen molar-refractivity contribution < 1.29 is 0 Å². The first-order valence-corrected chi connectivity index (χ1v) is 5.36. The lowest BCUT2D eigenvalue weighted by Gasteiger charge is -2.28. The molecule has 0 heterocycles. The Morgan fingerprint density at radius 1 is 1.29 bits per heavy atom. The Hall–Kier alpha value is -0.820. The van der Waals surface area contributed by atoms with E-state index in [1.54, 1.807) is 0 Å². The average Bonchev–Trinajstić information content (AvgIpc) is 2.27. The van der Waals surface area contributed by atoms with Crippen LogP contribution in [-0.2, 0) is 5.54 Å². The molecule has 1 atom stereocenters. The summed E-state index contributed by atoms with van der Waals surface area (Å²) in [5.41, 5.74) is 7.33. The molecule has 0 amide bonds. The molecule has 0 fully saturated rings. The monoisotopic (exact) mass is 190 g/mol. The molecule has 0 aliphatic rings. The van der Waals surface area contributed by atoms with Crippen LogP contribution in [0, 0.1) is 6.92 Å². The Labute approximate surface area is 87.3 Å². The highest BCUT2D eigenvalue weighted by Gasteiger charge is 2.23. The summed E-state index contributed by atoms with van der Waals surface area (Å²) < 4.78 is 0. The molecule has 0 aliphatic carbocycles. The van der Waals surface area contributed by atoms with Crippen molar-refractivity contribution in [3.63, 3.8) is 0 Å². The highest BCUT2D eigenvalue weighted by molar-refractivity contribution is 5.23. The van der Waals surface area contributed by atoms with E-state index in [2.05, 4.69) is 26.0 Å². The summed E-state index contributed by atoms with van der Waals surface area (Å²) in [6.07, 6.45) is 4.14. The molecule has 0 saturated heterocycles. The van der Waals surface area contributed by atoms with Gasteiger partial charge in [-0.15, -0.1) is 0 Å². The van der Waals surface area contributed by atoms with Gasteiger partial charge in [0.1, 0.15) is 0 Å². The van der Waals surface area contributed by atoms with Crippen molar-refractivity contribution in [1.29, 1.82) is 0 Å². The first-order chi connectivity index (χ1) is 6.73. The number of rotatable bonds is 5. The van der Waals surface area contributed by atoms with Crippen LogP contribution in [0.5, 0.6) is 0 Å². The molecule has 1 rings (SSSR count). The van der Waals surface area contributed by atoms with Gasteiger partial charge in [-0.2, -0.15) is 0 Å². The van der Waals surface area contributed by atoms with Crippen molar-refractivity contribution in [1.82, 2.24) is 0 Å². The number of nitrogens with two attached hydrogens (primary N) is 1. The normalized spacial score (nSPS) is 15.1. The van der Waals surface area contributed by atoms with Gasteiger partial charge in [-0.05, 0) is 18.4 Å². The van der Waals surface area contributed by atoms with Crippen LogP contribution in [0.1, 0.15) is 38.2 Å². The van der Waals surface area contributed by atoms with Crippen LogP contribution in [0.15, 0.2) is 30.3 Å². The second-order valence-corrected chi connectivity index (χ2v) is 3.88. The zero-order chi connectivity index (χ0) is 10.4. The SMILES string of the molecule is [CH2]CC(N)(CCCC)c1ccccc1. The first-order valence-electron chi connectivity index (χ1n) is 5.36. The zero-order valence-corrected chi connectivity index (χ0v) is 9.00. The number of unbranched alkanes of at least 4 members (excludes halogenated alkanes) is 1. The summed E-state index contributed by atoms with van der Waals surface area (Å²) in [5, 5.41) is 0. The molecule has 1 aromatic rings. The van der Waals surface area contributed by atoms with Gasteiger partial charge in [0.25, 0.3) is 0 Å². The molecule has 0 aromatic heterocycles. The Morgan fingerprint density at radius 3 is 2.43 bits per heavy atom. The second-order valence-electron chi connectivity index (χ2n) is 3.88. The van der Waals surface area contributed by atoms with E-state index < -0.39 is 0 Å². The van der Waals surface area contributed by atoms with E-state index in [9.17, 15) is 0 Å². The first kappa shape index (κ1) is 11.3. The van der Waals surface area contributed by atoms with E-state index >= 15 is 0 Å². The summed E-state index contributed by atoms with van der Waals surface area (Å²) >= 11 is 0. The van der Waals surface area contributed by atoms with Crippen LogP contribution >= 0.6 is 0 Å². The third kappa shape index (κ3) is 2.58. The van der Waals surface area contributed by atoms with Crippen LogP contribution in [0.25, 0.3) is 0 Å². The van der Waals surface area contributed by atoms with Gasteiger partial charge in [-0.3, -0.25) is 0 Å². The predicted molar refractivity (Wildman–Crippen MR) is 61.8 cm³/mol. The van der Waals surface area contributed by atoms with Gasteiger partial charge in [0.15, 0.2) is 0 Å². The van der Waals surface area contributed by atoms with Crippen molar-refractivity contribution in [3.8, 4) is 0 Å². The molecule has 1 aromatic carbocycles. The quantitative estimate of drug-likeness (QED) is 0.757. The van der Waals surface area contributed by atoms with Crippen molar-refractivity contribution in [3.05, 3.63) is 42.8 Å². The van der Waals surface area contributed by atoms with Crippen molar-refractivity contribution in [2.45, 2.75) is 38.1 Å². The van der Waals surface area contributed by atoms with Gasteiger partial charge in [0, 0.05) is 5.54 Å². The van der Waals surface area contributed by atoms with E-state index in [0.29, 0.717) is 0 Å². The molecule has 1 nitrogen and oxygen atoms in total. The molecule has 0 aliphatic heterocycles. The van der Waals surface area contributed by atoms with E-state index in [0.717, 1.165) is 12.8 Å². The fraction of sp³-hybridized carbons (Fsp3) is 0.462. The average molecular weight is 190 g/mol. The Kier molecular flexibility index (Phi) is 4.15. The Morgan fingerprint density at radius 2 is 1.93 bits per heavy atom. The van der Waals surface area contributed by atoms with Gasteiger partial charge < -0.3 is 5.73 Å². The maximum atomic E-state index is 6.34. The maximum Gasteiger partial charge on any atom is 0.0409 e. The molecule has 77 valence electrons.